The number of aliphatic hydroxyl groups is 1. The van der Waals surface area contributed by atoms with Crippen LogP contribution in [0.25, 0.3) is 0 Å². The van der Waals surface area contributed by atoms with Gasteiger partial charge in [0.2, 0.25) is 0 Å². The lowest BCUT2D eigenvalue weighted by atomic mass is 9.92. The third-order valence-corrected chi connectivity index (χ3v) is 2.95. The highest BCUT2D eigenvalue weighted by molar-refractivity contribution is 5.85. The number of hydrogen-bond donors (Lipinski definition) is 2. The summed E-state index contributed by atoms with van der Waals surface area (Å²) in [6.07, 6.45) is 6.35. The van der Waals surface area contributed by atoms with E-state index in [1.165, 1.54) is 0 Å². The molecule has 90 valence electrons. The topological polar surface area (TPSA) is 74.6 Å². The molecule has 2 atom stereocenters. The van der Waals surface area contributed by atoms with Gasteiger partial charge in [-0.25, -0.2) is 0 Å². The van der Waals surface area contributed by atoms with Gasteiger partial charge in [-0.2, -0.15) is 0 Å². The van der Waals surface area contributed by atoms with E-state index in [0.29, 0.717) is 19.3 Å². The minimum atomic E-state index is -0.839. The summed E-state index contributed by atoms with van der Waals surface area (Å²) >= 11 is 0. The first kappa shape index (κ1) is 12.9. The van der Waals surface area contributed by atoms with Crippen LogP contribution in [0, 0.1) is 11.8 Å². The van der Waals surface area contributed by atoms with Gasteiger partial charge in [-0.3, -0.25) is 9.59 Å². The molecule has 4 nitrogen and oxygen atoms in total. The van der Waals surface area contributed by atoms with Gasteiger partial charge in [-0.15, -0.1) is 0 Å². The molecule has 1 aliphatic rings. The number of unbranched alkanes of at least 4 members (excludes halogenated alkanes) is 1. The normalized spacial score (nSPS) is 25.4. The maximum absolute atomic E-state index is 11.5. The summed E-state index contributed by atoms with van der Waals surface area (Å²) in [6, 6.07) is 0. The molecule has 0 aromatic rings. The van der Waals surface area contributed by atoms with Crippen LogP contribution in [0.1, 0.15) is 32.1 Å². The molecule has 2 N–H and O–H groups in total. The fourth-order valence-corrected chi connectivity index (χ4v) is 2.11. The van der Waals surface area contributed by atoms with Crippen LogP contribution in [-0.2, 0) is 9.59 Å². The molecule has 0 aromatic carbocycles. The standard InChI is InChI=1S/C12H18O4/c13-7-3-1-2-4-10-9(8-12(15)16)5-6-11(10)14/h2,4,9-10,13H,1,3,5-8H2,(H,15,16)/b4-2-/t9-,10+/m1/s1. The zero-order valence-corrected chi connectivity index (χ0v) is 9.26. The van der Waals surface area contributed by atoms with E-state index in [-0.39, 0.29) is 30.6 Å². The van der Waals surface area contributed by atoms with Gasteiger partial charge in [-0.1, -0.05) is 12.2 Å². The summed E-state index contributed by atoms with van der Waals surface area (Å²) in [5, 5.41) is 17.3. The van der Waals surface area contributed by atoms with E-state index in [1.54, 1.807) is 0 Å². The van der Waals surface area contributed by atoms with Crippen LogP contribution >= 0.6 is 0 Å². The van der Waals surface area contributed by atoms with Crippen LogP contribution in [0.5, 0.6) is 0 Å². The Kier molecular flexibility index (Phi) is 5.19. The fraction of sp³-hybridized carbons (Fsp3) is 0.667. The Balaban J connectivity index is 2.49. The Morgan fingerprint density at radius 2 is 2.25 bits per heavy atom. The van der Waals surface area contributed by atoms with Crippen molar-refractivity contribution >= 4 is 11.8 Å². The molecule has 1 aliphatic carbocycles. The summed E-state index contributed by atoms with van der Waals surface area (Å²) in [5.41, 5.74) is 0. The quantitative estimate of drug-likeness (QED) is 0.530. The highest BCUT2D eigenvalue weighted by Crippen LogP contribution is 2.32. The van der Waals surface area contributed by atoms with Gasteiger partial charge in [0, 0.05) is 25.4 Å². The summed E-state index contributed by atoms with van der Waals surface area (Å²) in [5.74, 6) is -0.967. The van der Waals surface area contributed by atoms with Gasteiger partial charge in [-0.05, 0) is 25.2 Å². The van der Waals surface area contributed by atoms with Crippen molar-refractivity contribution in [2.45, 2.75) is 32.1 Å². The molecule has 0 spiro atoms. The second-order valence-electron chi connectivity index (χ2n) is 4.18. The van der Waals surface area contributed by atoms with E-state index in [2.05, 4.69) is 0 Å². The maximum Gasteiger partial charge on any atom is 0.303 e. The van der Waals surface area contributed by atoms with Crippen molar-refractivity contribution in [3.63, 3.8) is 0 Å². The number of Topliss-reactive ketones (excluding diaryl/α,β-unsaturated/α-hetero) is 1. The van der Waals surface area contributed by atoms with E-state index in [0.717, 1.165) is 6.42 Å². The lowest BCUT2D eigenvalue weighted by Crippen LogP contribution is -2.15. The number of carboxylic acids is 1. The minimum absolute atomic E-state index is 0.0459. The molecule has 0 unspecified atom stereocenters. The van der Waals surface area contributed by atoms with Crippen molar-refractivity contribution in [1.29, 1.82) is 0 Å². The molecule has 1 saturated carbocycles. The number of carbonyl (C=O) groups excluding carboxylic acids is 1. The number of allylic oxidation sites excluding steroid dienone is 2. The lowest BCUT2D eigenvalue weighted by molar-refractivity contribution is -0.138. The number of carbonyl (C=O) groups is 2. The Hall–Kier alpha value is -1.16. The molecule has 0 saturated heterocycles. The first-order valence-electron chi connectivity index (χ1n) is 5.67. The van der Waals surface area contributed by atoms with Gasteiger partial charge >= 0.3 is 5.97 Å². The summed E-state index contributed by atoms with van der Waals surface area (Å²) in [6.45, 7) is 0.140. The van der Waals surface area contributed by atoms with E-state index < -0.39 is 5.97 Å². The van der Waals surface area contributed by atoms with Gasteiger partial charge in [0.15, 0.2) is 0 Å². The van der Waals surface area contributed by atoms with Crippen LogP contribution in [0.15, 0.2) is 12.2 Å². The molecule has 4 heteroatoms. The SMILES string of the molecule is O=C(O)C[C@H]1CCC(=O)[C@H]1/C=C\CCCO. The Bertz CT molecular complexity index is 283. The highest BCUT2D eigenvalue weighted by Gasteiger charge is 2.33. The van der Waals surface area contributed by atoms with Crippen molar-refractivity contribution in [2.75, 3.05) is 6.61 Å². The van der Waals surface area contributed by atoms with Crippen molar-refractivity contribution in [2.24, 2.45) is 11.8 Å². The third kappa shape index (κ3) is 3.77. The molecule has 16 heavy (non-hydrogen) atoms. The molecule has 0 bridgehead atoms. The molecule has 0 aliphatic heterocycles. The average molecular weight is 226 g/mol. The van der Waals surface area contributed by atoms with Crippen LogP contribution in [-0.4, -0.2) is 28.6 Å². The first-order valence-corrected chi connectivity index (χ1v) is 5.67. The Morgan fingerprint density at radius 3 is 2.88 bits per heavy atom. The van der Waals surface area contributed by atoms with E-state index in [9.17, 15) is 9.59 Å². The molecule has 0 amide bonds. The molecule has 1 rings (SSSR count). The second kappa shape index (κ2) is 6.43. The second-order valence-corrected chi connectivity index (χ2v) is 4.18. The van der Waals surface area contributed by atoms with Gasteiger partial charge < -0.3 is 10.2 Å². The van der Waals surface area contributed by atoms with E-state index in [1.807, 2.05) is 12.2 Å². The van der Waals surface area contributed by atoms with Crippen LogP contribution in [0.3, 0.4) is 0 Å². The predicted molar refractivity (Wildman–Crippen MR) is 58.9 cm³/mol. The number of hydrogen-bond acceptors (Lipinski definition) is 3. The lowest BCUT2D eigenvalue weighted by Gasteiger charge is -2.11. The first-order chi connectivity index (χ1) is 7.65. The van der Waals surface area contributed by atoms with Gasteiger partial charge in [0.05, 0.1) is 0 Å². The van der Waals surface area contributed by atoms with Crippen molar-refractivity contribution in [1.82, 2.24) is 0 Å². The number of ketones is 1. The summed E-state index contributed by atoms with van der Waals surface area (Å²) in [4.78, 5) is 22.2. The average Bonchev–Trinajstić information content (AvgIpc) is 2.55. The van der Waals surface area contributed by atoms with Crippen molar-refractivity contribution < 1.29 is 19.8 Å². The van der Waals surface area contributed by atoms with E-state index in [4.69, 9.17) is 10.2 Å². The zero-order chi connectivity index (χ0) is 12.0. The zero-order valence-electron chi connectivity index (χ0n) is 9.26. The minimum Gasteiger partial charge on any atom is -0.481 e. The number of carboxylic acid groups (broad SMARTS) is 1. The molecule has 1 fully saturated rings. The number of rotatable bonds is 6. The third-order valence-electron chi connectivity index (χ3n) is 2.95. The van der Waals surface area contributed by atoms with Crippen LogP contribution < -0.4 is 0 Å². The van der Waals surface area contributed by atoms with Crippen molar-refractivity contribution in [3.05, 3.63) is 12.2 Å². The summed E-state index contributed by atoms with van der Waals surface area (Å²) < 4.78 is 0. The highest BCUT2D eigenvalue weighted by atomic mass is 16.4. The molecule has 0 radical (unpaired) electrons. The van der Waals surface area contributed by atoms with E-state index >= 15 is 0 Å². The van der Waals surface area contributed by atoms with Crippen LogP contribution in [0.4, 0.5) is 0 Å². The van der Waals surface area contributed by atoms with Gasteiger partial charge in [0.1, 0.15) is 5.78 Å². The Morgan fingerprint density at radius 1 is 1.50 bits per heavy atom. The van der Waals surface area contributed by atoms with Gasteiger partial charge in [0.25, 0.3) is 0 Å². The molecular weight excluding hydrogens is 208 g/mol. The maximum atomic E-state index is 11.5. The largest absolute Gasteiger partial charge is 0.481 e. The predicted octanol–water partition coefficient (Wildman–Crippen LogP) is 1.39. The monoisotopic (exact) mass is 226 g/mol. The molecular formula is C12H18O4. The van der Waals surface area contributed by atoms with Crippen molar-refractivity contribution in [3.8, 4) is 0 Å². The Labute approximate surface area is 95.0 Å². The summed E-state index contributed by atoms with van der Waals surface area (Å²) in [7, 11) is 0. The fourth-order valence-electron chi connectivity index (χ4n) is 2.11. The smallest absolute Gasteiger partial charge is 0.303 e. The van der Waals surface area contributed by atoms with Crippen LogP contribution in [0.2, 0.25) is 0 Å². The number of aliphatic carboxylic acids is 1. The molecule has 0 aromatic heterocycles. The number of aliphatic hydroxyl groups excluding tert-OH is 1. The molecule has 0 heterocycles.